The molecule has 1 aliphatic rings. The summed E-state index contributed by atoms with van der Waals surface area (Å²) in [5.74, 6) is -0.137. The first-order valence-corrected chi connectivity index (χ1v) is 8.27. The Hall–Kier alpha value is -1.18. The highest BCUT2D eigenvalue weighted by molar-refractivity contribution is 7.89. The molecule has 0 amide bonds. The number of sulfonamides is 1. The van der Waals surface area contributed by atoms with Crippen LogP contribution in [-0.4, -0.2) is 58.2 Å². The molecule has 1 aliphatic heterocycles. The first kappa shape index (κ1) is 15.2. The van der Waals surface area contributed by atoms with Crippen molar-refractivity contribution < 1.29 is 12.8 Å². The number of hydrogen-bond donors (Lipinski definition) is 1. The summed E-state index contributed by atoms with van der Waals surface area (Å²) in [5.41, 5.74) is 0.929. The van der Waals surface area contributed by atoms with Gasteiger partial charge in [-0.2, -0.15) is 4.31 Å². The molecule has 7 heteroatoms. The van der Waals surface area contributed by atoms with Crippen LogP contribution < -0.4 is 10.2 Å². The topological polar surface area (TPSA) is 52.7 Å². The lowest BCUT2D eigenvalue weighted by atomic mass is 10.2. The maximum Gasteiger partial charge on any atom is 0.215 e. The molecule has 0 bridgehead atoms. The van der Waals surface area contributed by atoms with Gasteiger partial charge in [-0.25, -0.2) is 12.8 Å². The number of piperazine rings is 1. The van der Waals surface area contributed by atoms with Crippen molar-refractivity contribution in [1.82, 2.24) is 9.62 Å². The minimum atomic E-state index is -3.17. The van der Waals surface area contributed by atoms with Crippen molar-refractivity contribution in [3.05, 3.63) is 30.1 Å². The van der Waals surface area contributed by atoms with E-state index in [0.29, 0.717) is 32.7 Å². The van der Waals surface area contributed by atoms with Crippen molar-refractivity contribution in [2.24, 2.45) is 0 Å². The van der Waals surface area contributed by atoms with E-state index in [0.717, 1.165) is 5.69 Å². The van der Waals surface area contributed by atoms with Crippen LogP contribution in [-0.2, 0) is 10.0 Å². The fourth-order valence-corrected chi connectivity index (χ4v) is 3.68. The van der Waals surface area contributed by atoms with Crippen LogP contribution in [0.1, 0.15) is 0 Å². The predicted molar refractivity (Wildman–Crippen MR) is 77.9 cm³/mol. The standard InChI is InChI=1S/C13H20FN3O2S/c1-15-6-11-20(18,19)17-9-7-16(8-10-17)13-4-2-12(14)3-5-13/h2-5,15H,6-11H2,1H3. The van der Waals surface area contributed by atoms with Crippen LogP contribution >= 0.6 is 0 Å². The Kier molecular flexibility index (Phi) is 4.95. The van der Waals surface area contributed by atoms with Crippen LogP contribution in [0.3, 0.4) is 0 Å². The van der Waals surface area contributed by atoms with Crippen LogP contribution in [0.5, 0.6) is 0 Å². The van der Waals surface area contributed by atoms with Gasteiger partial charge in [-0.05, 0) is 31.3 Å². The number of benzene rings is 1. The molecule has 0 saturated carbocycles. The molecule has 0 unspecified atom stereocenters. The SMILES string of the molecule is CNCCS(=O)(=O)N1CCN(c2ccc(F)cc2)CC1. The Morgan fingerprint density at radius 3 is 2.30 bits per heavy atom. The van der Waals surface area contributed by atoms with Gasteiger partial charge in [-0.15, -0.1) is 0 Å². The van der Waals surface area contributed by atoms with E-state index in [1.54, 1.807) is 19.2 Å². The Morgan fingerprint density at radius 1 is 1.15 bits per heavy atom. The molecule has 1 N–H and O–H groups in total. The minimum absolute atomic E-state index is 0.125. The quantitative estimate of drug-likeness (QED) is 0.860. The Labute approximate surface area is 119 Å². The smallest absolute Gasteiger partial charge is 0.215 e. The number of hydrogen-bond acceptors (Lipinski definition) is 4. The van der Waals surface area contributed by atoms with Crippen molar-refractivity contribution in [3.8, 4) is 0 Å². The molecular weight excluding hydrogens is 281 g/mol. The van der Waals surface area contributed by atoms with Gasteiger partial charge < -0.3 is 10.2 Å². The van der Waals surface area contributed by atoms with Gasteiger partial charge in [-0.1, -0.05) is 0 Å². The molecule has 0 aromatic heterocycles. The van der Waals surface area contributed by atoms with Crippen LogP contribution in [0.25, 0.3) is 0 Å². The number of nitrogens with one attached hydrogen (secondary N) is 1. The second-order valence-corrected chi connectivity index (χ2v) is 6.87. The van der Waals surface area contributed by atoms with Crippen LogP contribution in [0.2, 0.25) is 0 Å². The average Bonchev–Trinajstić information content (AvgIpc) is 2.46. The fraction of sp³-hybridized carbons (Fsp3) is 0.538. The lowest BCUT2D eigenvalue weighted by Crippen LogP contribution is -2.49. The summed E-state index contributed by atoms with van der Waals surface area (Å²) in [5, 5.41) is 2.85. The second-order valence-electron chi connectivity index (χ2n) is 4.78. The van der Waals surface area contributed by atoms with Gasteiger partial charge in [-0.3, -0.25) is 0 Å². The molecule has 20 heavy (non-hydrogen) atoms. The Morgan fingerprint density at radius 2 is 1.75 bits per heavy atom. The Balaban J connectivity index is 1.93. The molecular formula is C13H20FN3O2S. The van der Waals surface area contributed by atoms with Gasteiger partial charge in [0.1, 0.15) is 5.82 Å². The zero-order valence-electron chi connectivity index (χ0n) is 11.5. The van der Waals surface area contributed by atoms with E-state index in [-0.39, 0.29) is 11.6 Å². The lowest BCUT2D eigenvalue weighted by Gasteiger charge is -2.35. The predicted octanol–water partition coefficient (Wildman–Crippen LogP) is 0.497. The third kappa shape index (κ3) is 3.68. The van der Waals surface area contributed by atoms with Crippen molar-refractivity contribution in [1.29, 1.82) is 0 Å². The maximum absolute atomic E-state index is 12.9. The van der Waals surface area contributed by atoms with Crippen LogP contribution in [0, 0.1) is 5.82 Å². The minimum Gasteiger partial charge on any atom is -0.369 e. The third-order valence-corrected chi connectivity index (χ3v) is 5.31. The van der Waals surface area contributed by atoms with E-state index in [4.69, 9.17) is 0 Å². The summed E-state index contributed by atoms with van der Waals surface area (Å²) in [6, 6.07) is 6.29. The second kappa shape index (κ2) is 6.51. The largest absolute Gasteiger partial charge is 0.369 e. The van der Waals surface area contributed by atoms with E-state index < -0.39 is 10.0 Å². The van der Waals surface area contributed by atoms with Gasteiger partial charge in [0, 0.05) is 38.4 Å². The molecule has 0 atom stereocenters. The molecule has 1 aromatic rings. The zero-order valence-corrected chi connectivity index (χ0v) is 12.4. The van der Waals surface area contributed by atoms with E-state index in [1.165, 1.54) is 16.4 Å². The van der Waals surface area contributed by atoms with Gasteiger partial charge in [0.15, 0.2) is 0 Å². The third-order valence-electron chi connectivity index (χ3n) is 3.43. The summed E-state index contributed by atoms with van der Waals surface area (Å²) >= 11 is 0. The number of rotatable bonds is 5. The summed E-state index contributed by atoms with van der Waals surface area (Å²) in [4.78, 5) is 2.07. The van der Waals surface area contributed by atoms with Gasteiger partial charge in [0.2, 0.25) is 10.0 Å². The number of anilines is 1. The molecule has 0 spiro atoms. The fourth-order valence-electron chi connectivity index (χ4n) is 2.24. The maximum atomic E-state index is 12.9. The zero-order chi connectivity index (χ0) is 14.6. The van der Waals surface area contributed by atoms with Gasteiger partial charge in [0.05, 0.1) is 5.75 Å². The molecule has 1 heterocycles. The first-order valence-electron chi connectivity index (χ1n) is 6.66. The van der Waals surface area contributed by atoms with Crippen molar-refractivity contribution in [2.75, 3.05) is 50.4 Å². The van der Waals surface area contributed by atoms with Crippen LogP contribution in [0.4, 0.5) is 10.1 Å². The van der Waals surface area contributed by atoms with E-state index in [1.807, 2.05) is 0 Å². The molecule has 1 saturated heterocycles. The molecule has 0 aliphatic carbocycles. The first-order chi connectivity index (χ1) is 9.53. The summed E-state index contributed by atoms with van der Waals surface area (Å²) in [6.07, 6.45) is 0. The van der Waals surface area contributed by atoms with Gasteiger partial charge >= 0.3 is 0 Å². The molecule has 1 aromatic carbocycles. The molecule has 5 nitrogen and oxygen atoms in total. The normalized spacial score (nSPS) is 17.4. The van der Waals surface area contributed by atoms with Crippen molar-refractivity contribution in [3.63, 3.8) is 0 Å². The number of nitrogens with zero attached hydrogens (tertiary/aromatic N) is 2. The molecule has 1 fully saturated rings. The monoisotopic (exact) mass is 301 g/mol. The van der Waals surface area contributed by atoms with E-state index >= 15 is 0 Å². The summed E-state index contributed by atoms with van der Waals surface area (Å²) in [6.45, 7) is 2.67. The van der Waals surface area contributed by atoms with Crippen molar-refractivity contribution >= 4 is 15.7 Å². The molecule has 2 rings (SSSR count). The van der Waals surface area contributed by atoms with Crippen molar-refractivity contribution in [2.45, 2.75) is 0 Å². The van der Waals surface area contributed by atoms with Gasteiger partial charge in [0.25, 0.3) is 0 Å². The Bertz CT molecular complexity index is 525. The average molecular weight is 301 g/mol. The highest BCUT2D eigenvalue weighted by atomic mass is 32.2. The summed E-state index contributed by atoms with van der Waals surface area (Å²) < 4.78 is 38.5. The lowest BCUT2D eigenvalue weighted by molar-refractivity contribution is 0.384. The van der Waals surface area contributed by atoms with E-state index in [2.05, 4.69) is 10.2 Å². The number of halogens is 1. The highest BCUT2D eigenvalue weighted by Gasteiger charge is 2.26. The molecule has 0 radical (unpaired) electrons. The van der Waals surface area contributed by atoms with E-state index in [9.17, 15) is 12.8 Å². The molecule has 112 valence electrons. The van der Waals surface area contributed by atoms with Crippen LogP contribution in [0.15, 0.2) is 24.3 Å². The summed E-state index contributed by atoms with van der Waals surface area (Å²) in [7, 11) is -1.44. The highest BCUT2D eigenvalue weighted by Crippen LogP contribution is 2.18.